The van der Waals surface area contributed by atoms with Crippen LogP contribution in [0.15, 0.2) is 0 Å². The maximum Gasteiger partial charge on any atom is 0.303 e. The van der Waals surface area contributed by atoms with Crippen LogP contribution in [0, 0.1) is 0 Å². The van der Waals surface area contributed by atoms with Crippen molar-refractivity contribution >= 4 is 5.97 Å². The summed E-state index contributed by atoms with van der Waals surface area (Å²) in [5, 5.41) is 8.74. The highest BCUT2D eigenvalue weighted by Crippen LogP contribution is 2.25. The minimum Gasteiger partial charge on any atom is -0.481 e. The van der Waals surface area contributed by atoms with Crippen LogP contribution in [0.2, 0.25) is 0 Å². The van der Waals surface area contributed by atoms with Gasteiger partial charge in [-0.2, -0.15) is 9.78 Å². The Morgan fingerprint density at radius 2 is 1.21 bits per heavy atom. The zero-order chi connectivity index (χ0) is 15.3. The summed E-state index contributed by atoms with van der Waals surface area (Å²) in [4.78, 5) is 31.5. The molecule has 0 atom stereocenters. The van der Waals surface area contributed by atoms with Crippen molar-refractivity contribution in [3.8, 4) is 0 Å². The third-order valence-electron chi connectivity index (χ3n) is 1.73. The monoisotopic (exact) mass is 278 g/mol. The van der Waals surface area contributed by atoms with E-state index in [1.807, 2.05) is 41.5 Å². The van der Waals surface area contributed by atoms with Gasteiger partial charge in [0.2, 0.25) is 5.79 Å². The van der Waals surface area contributed by atoms with E-state index in [0.717, 1.165) is 0 Å². The van der Waals surface area contributed by atoms with Gasteiger partial charge in [0.25, 0.3) is 0 Å². The molecule has 0 bridgehead atoms. The Labute approximate surface area is 114 Å². The second kappa shape index (κ2) is 6.65. The zero-order valence-corrected chi connectivity index (χ0v) is 12.9. The van der Waals surface area contributed by atoms with E-state index in [2.05, 4.69) is 0 Å². The molecule has 0 saturated carbocycles. The fourth-order valence-electron chi connectivity index (χ4n) is 0.857. The van der Waals surface area contributed by atoms with E-state index < -0.39 is 23.0 Å². The van der Waals surface area contributed by atoms with Crippen LogP contribution in [0.3, 0.4) is 0 Å². The van der Waals surface area contributed by atoms with E-state index in [1.165, 1.54) is 0 Å². The van der Waals surface area contributed by atoms with Gasteiger partial charge in [0, 0.05) is 6.42 Å². The van der Waals surface area contributed by atoms with E-state index in [-0.39, 0.29) is 12.8 Å². The Morgan fingerprint density at radius 1 is 0.842 bits per heavy atom. The molecular weight excluding hydrogens is 252 g/mol. The number of carbonyl (C=O) groups is 1. The summed E-state index contributed by atoms with van der Waals surface area (Å²) >= 11 is 0. The smallest absolute Gasteiger partial charge is 0.303 e. The van der Waals surface area contributed by atoms with Crippen molar-refractivity contribution in [2.45, 2.75) is 78.3 Å². The molecule has 0 amide bonds. The van der Waals surface area contributed by atoms with E-state index in [1.54, 1.807) is 6.92 Å². The van der Waals surface area contributed by atoms with E-state index in [4.69, 9.17) is 24.7 Å². The molecule has 6 nitrogen and oxygen atoms in total. The van der Waals surface area contributed by atoms with Crippen molar-refractivity contribution in [3.63, 3.8) is 0 Å². The van der Waals surface area contributed by atoms with Gasteiger partial charge in [-0.1, -0.05) is 0 Å². The predicted molar refractivity (Wildman–Crippen MR) is 69.1 cm³/mol. The van der Waals surface area contributed by atoms with Crippen molar-refractivity contribution < 1.29 is 29.5 Å². The Bertz CT molecular complexity index is 268. The first-order valence-electron chi connectivity index (χ1n) is 6.28. The van der Waals surface area contributed by atoms with Gasteiger partial charge in [0.1, 0.15) is 0 Å². The largest absolute Gasteiger partial charge is 0.481 e. The van der Waals surface area contributed by atoms with Crippen molar-refractivity contribution in [3.05, 3.63) is 0 Å². The third kappa shape index (κ3) is 10.9. The van der Waals surface area contributed by atoms with Crippen LogP contribution in [0.25, 0.3) is 0 Å². The molecule has 0 aromatic carbocycles. The van der Waals surface area contributed by atoms with Crippen molar-refractivity contribution in [1.29, 1.82) is 0 Å². The lowest BCUT2D eigenvalue weighted by Gasteiger charge is -2.32. The summed E-state index contributed by atoms with van der Waals surface area (Å²) in [7, 11) is 0. The summed E-state index contributed by atoms with van der Waals surface area (Å²) in [6.45, 7) is 12.5. The standard InChI is InChI=1S/C13H26O6/c1-11(2,3)16-18-13(7,9-8-10(14)15)19-17-12(4,5)6/h8-9H2,1-7H3,(H,14,15). The minimum atomic E-state index is -1.28. The molecule has 0 aromatic heterocycles. The number of carboxylic acid groups (broad SMARTS) is 1. The highest BCUT2D eigenvalue weighted by Gasteiger charge is 2.34. The summed E-state index contributed by atoms with van der Waals surface area (Å²) in [6.07, 6.45) is -0.00794. The second-order valence-corrected chi connectivity index (χ2v) is 6.59. The Hall–Kier alpha value is -0.690. The summed E-state index contributed by atoms with van der Waals surface area (Å²) < 4.78 is 0. The summed E-state index contributed by atoms with van der Waals surface area (Å²) in [5.41, 5.74) is -1.06. The SMILES string of the molecule is CC(C)(C)OOC(C)(CCC(=O)O)OOC(C)(C)C. The molecule has 0 heterocycles. The van der Waals surface area contributed by atoms with Gasteiger partial charge in [-0.25, -0.2) is 9.78 Å². The van der Waals surface area contributed by atoms with Gasteiger partial charge in [0.15, 0.2) is 0 Å². The zero-order valence-electron chi connectivity index (χ0n) is 12.9. The molecule has 0 fully saturated rings. The highest BCUT2D eigenvalue weighted by molar-refractivity contribution is 5.66. The molecule has 114 valence electrons. The van der Waals surface area contributed by atoms with Gasteiger partial charge in [0.05, 0.1) is 17.6 Å². The average molecular weight is 278 g/mol. The maximum atomic E-state index is 10.7. The summed E-state index contributed by atoms with van der Waals surface area (Å²) in [5.74, 6) is -2.22. The number of aliphatic carboxylic acids is 1. The van der Waals surface area contributed by atoms with Crippen LogP contribution in [-0.2, 0) is 24.3 Å². The molecule has 0 rings (SSSR count). The molecule has 19 heavy (non-hydrogen) atoms. The van der Waals surface area contributed by atoms with Gasteiger partial charge in [-0.15, -0.1) is 0 Å². The van der Waals surface area contributed by atoms with Crippen LogP contribution in [0.4, 0.5) is 0 Å². The fraction of sp³-hybridized carbons (Fsp3) is 0.923. The average Bonchev–Trinajstić information content (AvgIpc) is 2.19. The van der Waals surface area contributed by atoms with Crippen molar-refractivity contribution in [2.75, 3.05) is 0 Å². The lowest BCUT2D eigenvalue weighted by molar-refractivity contribution is -0.537. The Morgan fingerprint density at radius 3 is 1.47 bits per heavy atom. The Kier molecular flexibility index (Phi) is 6.41. The molecule has 1 N–H and O–H groups in total. The van der Waals surface area contributed by atoms with Gasteiger partial charge in [-0.05, 0) is 48.5 Å². The number of hydrogen-bond acceptors (Lipinski definition) is 5. The quantitative estimate of drug-likeness (QED) is 0.438. The molecule has 0 unspecified atom stereocenters. The maximum absolute atomic E-state index is 10.7. The molecule has 0 aromatic rings. The van der Waals surface area contributed by atoms with E-state index in [9.17, 15) is 4.79 Å². The third-order valence-corrected chi connectivity index (χ3v) is 1.73. The first kappa shape index (κ1) is 18.3. The fourth-order valence-corrected chi connectivity index (χ4v) is 0.857. The predicted octanol–water partition coefficient (Wildman–Crippen LogP) is 3.06. The molecule has 0 aliphatic rings. The highest BCUT2D eigenvalue weighted by atomic mass is 17.3. The molecule has 0 aliphatic heterocycles. The number of carboxylic acids is 1. The lowest BCUT2D eigenvalue weighted by atomic mass is 10.2. The topological polar surface area (TPSA) is 74.2 Å². The molecule has 0 radical (unpaired) electrons. The first-order valence-corrected chi connectivity index (χ1v) is 6.28. The molecule has 0 spiro atoms. The van der Waals surface area contributed by atoms with Crippen LogP contribution < -0.4 is 0 Å². The second-order valence-electron chi connectivity index (χ2n) is 6.59. The minimum absolute atomic E-state index is 0.106. The van der Waals surface area contributed by atoms with Gasteiger partial charge < -0.3 is 5.11 Å². The van der Waals surface area contributed by atoms with Crippen LogP contribution in [0.1, 0.15) is 61.3 Å². The molecular formula is C13H26O6. The van der Waals surface area contributed by atoms with E-state index >= 15 is 0 Å². The Balaban J connectivity index is 4.56. The molecule has 0 saturated heterocycles. The van der Waals surface area contributed by atoms with Crippen LogP contribution >= 0.6 is 0 Å². The van der Waals surface area contributed by atoms with Crippen molar-refractivity contribution in [2.24, 2.45) is 0 Å². The van der Waals surface area contributed by atoms with Gasteiger partial charge in [-0.3, -0.25) is 4.79 Å². The molecule has 0 aliphatic carbocycles. The first-order chi connectivity index (χ1) is 8.33. The van der Waals surface area contributed by atoms with E-state index in [0.29, 0.717) is 0 Å². The lowest BCUT2D eigenvalue weighted by Crippen LogP contribution is -2.39. The van der Waals surface area contributed by atoms with Gasteiger partial charge >= 0.3 is 5.97 Å². The molecule has 6 heteroatoms. The van der Waals surface area contributed by atoms with Crippen LogP contribution in [-0.4, -0.2) is 28.1 Å². The number of rotatable bonds is 7. The van der Waals surface area contributed by atoms with Crippen LogP contribution in [0.5, 0.6) is 0 Å². The number of hydrogen-bond donors (Lipinski definition) is 1. The van der Waals surface area contributed by atoms with Crippen molar-refractivity contribution in [1.82, 2.24) is 0 Å². The summed E-state index contributed by atoms with van der Waals surface area (Å²) in [6, 6.07) is 0. The normalized spacial score (nSPS) is 13.6.